The first-order valence-electron chi connectivity index (χ1n) is 6.11. The maximum absolute atomic E-state index is 10.1. The van der Waals surface area contributed by atoms with E-state index in [0.717, 1.165) is 5.69 Å². The second-order valence-electron chi connectivity index (χ2n) is 4.38. The molecular weight excluding hydrogens is 334 g/mol. The third kappa shape index (κ3) is 2.72. The number of nitrogens with zero attached hydrogens (tertiary/aromatic N) is 3. The molecule has 0 radical (unpaired) electrons. The van der Waals surface area contributed by atoms with Gasteiger partial charge in [-0.25, -0.2) is 4.99 Å². The summed E-state index contributed by atoms with van der Waals surface area (Å²) in [4.78, 5) is 8.42. The van der Waals surface area contributed by atoms with Crippen molar-refractivity contribution >= 4 is 33.3 Å². The van der Waals surface area contributed by atoms with Crippen molar-refractivity contribution in [2.24, 2.45) is 4.99 Å². The van der Waals surface area contributed by atoms with Gasteiger partial charge in [-0.2, -0.15) is 5.26 Å². The number of nitriles is 1. The third-order valence-electron chi connectivity index (χ3n) is 2.97. The van der Waals surface area contributed by atoms with Gasteiger partial charge in [-0.1, -0.05) is 0 Å². The Morgan fingerprint density at radius 2 is 2.05 bits per heavy atom. The molecule has 2 heterocycles. The van der Waals surface area contributed by atoms with E-state index in [0.29, 0.717) is 27.2 Å². The fourth-order valence-corrected chi connectivity index (χ4v) is 2.38. The lowest BCUT2D eigenvalue weighted by Gasteiger charge is -2.23. The molecule has 0 bridgehead atoms. The fourth-order valence-electron chi connectivity index (χ4n) is 1.94. The molecule has 3 rings (SSSR count). The minimum Gasteiger partial charge on any atom is -0.369 e. The minimum absolute atomic E-state index is 0.423. The summed E-state index contributed by atoms with van der Waals surface area (Å²) in [5.74, 6) is 0.423. The molecule has 1 aromatic heterocycles. The van der Waals surface area contributed by atoms with Crippen LogP contribution in [0.3, 0.4) is 0 Å². The molecule has 6 nitrogen and oxygen atoms in total. The number of hydrogen-bond acceptors (Lipinski definition) is 6. The van der Waals surface area contributed by atoms with Crippen molar-refractivity contribution in [3.05, 3.63) is 52.3 Å². The Balaban J connectivity index is 1.90. The lowest BCUT2D eigenvalue weighted by Crippen LogP contribution is -2.36. The fraction of sp³-hybridized carbons (Fsp3) is 0.0714. The lowest BCUT2D eigenvalue weighted by molar-refractivity contribution is 0.161. The SMILES string of the molecule is N#Cc1ccc(NC2=Nc3c(Br)cncc3C(O)N2)cc1. The molecule has 0 spiro atoms. The van der Waals surface area contributed by atoms with Crippen LogP contribution in [0.15, 0.2) is 46.1 Å². The number of guanidine groups is 1. The Labute approximate surface area is 129 Å². The van der Waals surface area contributed by atoms with E-state index in [9.17, 15) is 5.11 Å². The molecule has 1 aliphatic rings. The zero-order valence-electron chi connectivity index (χ0n) is 10.7. The summed E-state index contributed by atoms with van der Waals surface area (Å²) >= 11 is 3.37. The van der Waals surface area contributed by atoms with E-state index in [4.69, 9.17) is 5.26 Å². The molecule has 7 heteroatoms. The van der Waals surface area contributed by atoms with Crippen molar-refractivity contribution in [3.63, 3.8) is 0 Å². The molecule has 2 aromatic rings. The number of aliphatic hydroxyl groups is 1. The predicted octanol–water partition coefficient (Wildman–Crippen LogP) is 2.41. The number of hydrogen-bond donors (Lipinski definition) is 3. The Hall–Kier alpha value is -2.43. The van der Waals surface area contributed by atoms with E-state index < -0.39 is 6.23 Å². The molecule has 1 atom stereocenters. The first-order chi connectivity index (χ1) is 10.2. The number of halogens is 1. The molecule has 0 aliphatic carbocycles. The topological polar surface area (TPSA) is 93.3 Å². The summed E-state index contributed by atoms with van der Waals surface area (Å²) < 4.78 is 0.708. The molecular formula is C14H10BrN5O. The molecule has 21 heavy (non-hydrogen) atoms. The van der Waals surface area contributed by atoms with Crippen LogP contribution in [0.25, 0.3) is 0 Å². The van der Waals surface area contributed by atoms with Crippen LogP contribution in [0.4, 0.5) is 11.4 Å². The number of pyridine rings is 1. The summed E-state index contributed by atoms with van der Waals surface area (Å²) in [5.41, 5.74) is 2.58. The Bertz CT molecular complexity index is 751. The summed E-state index contributed by atoms with van der Waals surface area (Å²) in [7, 11) is 0. The highest BCUT2D eigenvalue weighted by Crippen LogP contribution is 2.34. The predicted molar refractivity (Wildman–Crippen MR) is 81.9 cm³/mol. The molecule has 0 amide bonds. The monoisotopic (exact) mass is 343 g/mol. The number of aliphatic imine (C=N–C) groups is 1. The molecule has 3 N–H and O–H groups in total. The highest BCUT2D eigenvalue weighted by Gasteiger charge is 2.21. The standard InChI is InChI=1S/C14H10BrN5O/c15-11-7-17-6-10-12(11)19-14(20-13(10)21)18-9-3-1-8(5-16)2-4-9/h1-4,6-7,13,21H,(H2,18,19,20). The summed E-state index contributed by atoms with van der Waals surface area (Å²) in [5, 5.41) is 24.8. The average Bonchev–Trinajstić information content (AvgIpc) is 2.49. The van der Waals surface area contributed by atoms with E-state index in [2.05, 4.69) is 42.6 Å². The molecule has 1 unspecified atom stereocenters. The Kier molecular flexibility index (Phi) is 3.56. The van der Waals surface area contributed by atoms with Crippen molar-refractivity contribution < 1.29 is 5.11 Å². The van der Waals surface area contributed by atoms with Crippen molar-refractivity contribution in [3.8, 4) is 6.07 Å². The van der Waals surface area contributed by atoms with E-state index in [-0.39, 0.29) is 0 Å². The Morgan fingerprint density at radius 1 is 1.29 bits per heavy atom. The number of benzene rings is 1. The van der Waals surface area contributed by atoms with Crippen LogP contribution in [0.1, 0.15) is 17.4 Å². The van der Waals surface area contributed by atoms with Crippen LogP contribution >= 0.6 is 15.9 Å². The Morgan fingerprint density at radius 3 is 2.76 bits per heavy atom. The second-order valence-corrected chi connectivity index (χ2v) is 5.23. The van der Waals surface area contributed by atoms with Gasteiger partial charge in [0.05, 0.1) is 21.8 Å². The lowest BCUT2D eigenvalue weighted by atomic mass is 10.2. The van der Waals surface area contributed by atoms with Gasteiger partial charge in [-0.3, -0.25) is 4.98 Å². The number of fused-ring (bicyclic) bond motifs is 1. The molecule has 0 saturated carbocycles. The van der Waals surface area contributed by atoms with Crippen LogP contribution in [-0.4, -0.2) is 16.1 Å². The van der Waals surface area contributed by atoms with Crippen LogP contribution in [0.5, 0.6) is 0 Å². The summed E-state index contributed by atoms with van der Waals surface area (Å²) in [6.45, 7) is 0. The van der Waals surface area contributed by atoms with Crippen molar-refractivity contribution in [1.82, 2.24) is 10.3 Å². The maximum Gasteiger partial charge on any atom is 0.203 e. The van der Waals surface area contributed by atoms with Crippen LogP contribution in [0, 0.1) is 11.3 Å². The number of nitrogens with one attached hydrogen (secondary N) is 2. The molecule has 0 fully saturated rings. The molecule has 0 saturated heterocycles. The van der Waals surface area contributed by atoms with E-state index >= 15 is 0 Å². The highest BCUT2D eigenvalue weighted by molar-refractivity contribution is 9.10. The van der Waals surface area contributed by atoms with Crippen LogP contribution in [-0.2, 0) is 0 Å². The zero-order valence-corrected chi connectivity index (χ0v) is 12.3. The van der Waals surface area contributed by atoms with E-state index in [1.807, 2.05) is 0 Å². The summed E-state index contributed by atoms with van der Waals surface area (Å²) in [6, 6.07) is 9.01. The maximum atomic E-state index is 10.1. The first-order valence-corrected chi connectivity index (χ1v) is 6.90. The van der Waals surface area contributed by atoms with Gasteiger partial charge in [0.15, 0.2) is 6.23 Å². The molecule has 1 aliphatic heterocycles. The van der Waals surface area contributed by atoms with Gasteiger partial charge >= 0.3 is 0 Å². The van der Waals surface area contributed by atoms with Crippen molar-refractivity contribution in [1.29, 1.82) is 5.26 Å². The minimum atomic E-state index is -0.886. The number of anilines is 1. The number of aromatic nitrogens is 1. The van der Waals surface area contributed by atoms with Crippen molar-refractivity contribution in [2.45, 2.75) is 6.23 Å². The largest absolute Gasteiger partial charge is 0.369 e. The zero-order chi connectivity index (χ0) is 14.8. The van der Waals surface area contributed by atoms with E-state index in [1.54, 1.807) is 36.7 Å². The van der Waals surface area contributed by atoms with Gasteiger partial charge in [0.2, 0.25) is 5.96 Å². The van der Waals surface area contributed by atoms with Gasteiger partial charge in [-0.15, -0.1) is 0 Å². The van der Waals surface area contributed by atoms with Gasteiger partial charge < -0.3 is 15.7 Å². The normalized spacial score (nSPS) is 16.2. The number of rotatable bonds is 1. The van der Waals surface area contributed by atoms with Crippen LogP contribution < -0.4 is 10.6 Å². The molecule has 104 valence electrons. The van der Waals surface area contributed by atoms with Gasteiger partial charge in [0.1, 0.15) is 0 Å². The quantitative estimate of drug-likeness (QED) is 0.739. The smallest absolute Gasteiger partial charge is 0.203 e. The number of aliphatic hydroxyl groups excluding tert-OH is 1. The van der Waals surface area contributed by atoms with Crippen molar-refractivity contribution in [2.75, 3.05) is 5.32 Å². The summed E-state index contributed by atoms with van der Waals surface area (Å²) in [6.07, 6.45) is 2.31. The highest BCUT2D eigenvalue weighted by atomic mass is 79.9. The third-order valence-corrected chi connectivity index (χ3v) is 3.55. The van der Waals surface area contributed by atoms with Crippen LogP contribution in [0.2, 0.25) is 0 Å². The van der Waals surface area contributed by atoms with Gasteiger partial charge in [0.25, 0.3) is 0 Å². The van der Waals surface area contributed by atoms with Gasteiger partial charge in [0, 0.05) is 23.6 Å². The van der Waals surface area contributed by atoms with Gasteiger partial charge in [-0.05, 0) is 40.2 Å². The molecule has 1 aromatic carbocycles. The average molecular weight is 344 g/mol. The second kappa shape index (κ2) is 5.52. The first kappa shape index (κ1) is 13.5. The van der Waals surface area contributed by atoms with E-state index in [1.165, 1.54) is 0 Å².